The van der Waals surface area contributed by atoms with Crippen LogP contribution >= 0.6 is 23.2 Å². The molecule has 0 fully saturated rings. The van der Waals surface area contributed by atoms with Crippen LogP contribution in [0.2, 0.25) is 10.0 Å². The Morgan fingerprint density at radius 3 is 2.49 bits per heavy atom. The third-order valence-electron chi connectivity index (χ3n) is 6.73. The van der Waals surface area contributed by atoms with E-state index in [0.717, 1.165) is 33.3 Å². The van der Waals surface area contributed by atoms with Crippen molar-refractivity contribution >= 4 is 62.7 Å². The number of nitrogens with one attached hydrogen (secondary N) is 1. The summed E-state index contributed by atoms with van der Waals surface area (Å²) >= 11 is 12.7. The first-order chi connectivity index (χ1) is 18.9. The smallest absolute Gasteiger partial charge is 0.161 e. The highest BCUT2D eigenvalue weighted by Gasteiger charge is 2.21. The molecule has 0 radical (unpaired) electrons. The molecule has 4 aromatic carbocycles. The Morgan fingerprint density at radius 1 is 1.00 bits per heavy atom. The number of fused-ring (bicyclic) bond motifs is 1. The van der Waals surface area contributed by atoms with Crippen LogP contribution in [0.3, 0.4) is 0 Å². The second-order valence-electron chi connectivity index (χ2n) is 9.13. The molecule has 0 amide bonds. The molecule has 5 aromatic rings. The summed E-state index contributed by atoms with van der Waals surface area (Å²) < 4.78 is 0. The minimum Gasteiger partial charge on any atom is -0.393 e. The van der Waals surface area contributed by atoms with Gasteiger partial charge in [0.25, 0.3) is 0 Å². The van der Waals surface area contributed by atoms with E-state index in [1.54, 1.807) is 18.2 Å². The summed E-state index contributed by atoms with van der Waals surface area (Å²) in [6, 6.07) is 27.7. The third-order valence-corrected chi connectivity index (χ3v) is 7.31. The van der Waals surface area contributed by atoms with Crippen molar-refractivity contribution < 1.29 is 0 Å². The van der Waals surface area contributed by atoms with Crippen LogP contribution in [-0.4, -0.2) is 16.5 Å². The molecule has 1 unspecified atom stereocenters. The quantitative estimate of drug-likeness (QED) is 0.210. The Hall–Kier alpha value is -4.31. The fourth-order valence-electron chi connectivity index (χ4n) is 4.75. The topological polar surface area (TPSA) is 90.9 Å². The Labute approximate surface area is 237 Å². The summed E-state index contributed by atoms with van der Waals surface area (Å²) in [7, 11) is 0. The van der Waals surface area contributed by atoms with Gasteiger partial charge in [0.05, 0.1) is 17.7 Å². The average molecular weight is 553 g/mol. The second-order valence-corrected chi connectivity index (χ2v) is 9.97. The first-order valence-electron chi connectivity index (χ1n) is 12.5. The molecular weight excluding hydrogens is 527 g/mol. The van der Waals surface area contributed by atoms with Gasteiger partial charge in [0.1, 0.15) is 12.0 Å². The van der Waals surface area contributed by atoms with Crippen molar-refractivity contribution in [3.05, 3.63) is 112 Å². The first-order valence-corrected chi connectivity index (χ1v) is 13.2. The number of hydrogen-bond acceptors (Lipinski definition) is 6. The second kappa shape index (κ2) is 11.2. The first kappa shape index (κ1) is 26.3. The van der Waals surface area contributed by atoms with Gasteiger partial charge < -0.3 is 16.0 Å². The minimum atomic E-state index is -0.531. The van der Waals surface area contributed by atoms with E-state index in [9.17, 15) is 5.26 Å². The molecule has 0 saturated heterocycles. The number of aryl methyl sites for hydroxylation is 1. The Bertz CT molecular complexity index is 1690. The molecule has 1 aromatic heterocycles. The lowest BCUT2D eigenvalue weighted by Gasteiger charge is -2.26. The zero-order valence-electron chi connectivity index (χ0n) is 21.5. The maximum Gasteiger partial charge on any atom is 0.161 e. The van der Waals surface area contributed by atoms with Gasteiger partial charge in [0, 0.05) is 27.7 Å². The van der Waals surface area contributed by atoms with E-state index < -0.39 is 5.92 Å². The Balaban J connectivity index is 1.49. The molecule has 1 heterocycles. The largest absolute Gasteiger partial charge is 0.393 e. The molecule has 0 spiro atoms. The number of aromatic nitrogens is 2. The number of nitriles is 1. The van der Waals surface area contributed by atoms with Gasteiger partial charge in [-0.25, -0.2) is 9.97 Å². The molecule has 6 nitrogen and oxygen atoms in total. The van der Waals surface area contributed by atoms with E-state index in [4.69, 9.17) is 28.9 Å². The van der Waals surface area contributed by atoms with Gasteiger partial charge in [0.15, 0.2) is 11.6 Å². The van der Waals surface area contributed by atoms with Crippen molar-refractivity contribution in [3.8, 4) is 6.07 Å². The van der Waals surface area contributed by atoms with Crippen LogP contribution < -0.4 is 16.0 Å². The summed E-state index contributed by atoms with van der Waals surface area (Å²) in [6.45, 7) is 4.67. The molecule has 3 N–H and O–H groups in total. The summed E-state index contributed by atoms with van der Waals surface area (Å²) in [5.74, 6) is 0.552. The standard InChI is InChI=1S/C31H26Cl2N6/c1-3-39(28-10-6-8-20-7-4-5-9-23(20)28)31-29(35)30(36-18-37-31)38-27-16-26(33)24(15-19(27)2)25(17-34)21-11-13-22(32)14-12-21/h4-16,18,25H,3,35H2,1-2H3,(H,36,37,38). The van der Waals surface area contributed by atoms with Gasteiger partial charge in [-0.15, -0.1) is 0 Å². The molecule has 5 rings (SSSR count). The van der Waals surface area contributed by atoms with Crippen LogP contribution in [0.5, 0.6) is 0 Å². The average Bonchev–Trinajstić information content (AvgIpc) is 2.95. The van der Waals surface area contributed by atoms with Crippen molar-refractivity contribution in [1.29, 1.82) is 5.26 Å². The number of hydrogen-bond donors (Lipinski definition) is 2. The minimum absolute atomic E-state index is 0.419. The van der Waals surface area contributed by atoms with Gasteiger partial charge in [0.2, 0.25) is 0 Å². The third kappa shape index (κ3) is 5.20. The van der Waals surface area contributed by atoms with Crippen LogP contribution in [-0.2, 0) is 0 Å². The van der Waals surface area contributed by atoms with Crippen molar-refractivity contribution in [1.82, 2.24) is 9.97 Å². The van der Waals surface area contributed by atoms with Gasteiger partial charge >= 0.3 is 0 Å². The SMILES string of the molecule is CCN(c1ncnc(Nc2cc(Cl)c(C(C#N)c3ccc(Cl)cc3)cc2C)c1N)c1cccc2ccccc12. The molecule has 0 saturated carbocycles. The van der Waals surface area contributed by atoms with E-state index in [0.29, 0.717) is 39.5 Å². The molecule has 8 heteroatoms. The van der Waals surface area contributed by atoms with Crippen LogP contribution in [0.4, 0.5) is 28.7 Å². The van der Waals surface area contributed by atoms with E-state index >= 15 is 0 Å². The van der Waals surface area contributed by atoms with Crippen molar-refractivity contribution in [2.24, 2.45) is 0 Å². The predicted molar refractivity (Wildman–Crippen MR) is 161 cm³/mol. The number of nitrogens with two attached hydrogens (primary N) is 1. The molecule has 39 heavy (non-hydrogen) atoms. The van der Waals surface area contributed by atoms with Gasteiger partial charge in [-0.3, -0.25) is 0 Å². The highest BCUT2D eigenvalue weighted by atomic mass is 35.5. The fourth-order valence-corrected chi connectivity index (χ4v) is 5.14. The molecule has 0 aliphatic rings. The summed E-state index contributed by atoms with van der Waals surface area (Å²) in [5, 5.41) is 16.6. The molecule has 0 aliphatic heterocycles. The maximum atomic E-state index is 9.93. The molecule has 194 valence electrons. The Kier molecular flexibility index (Phi) is 7.56. The van der Waals surface area contributed by atoms with Crippen LogP contribution in [0.25, 0.3) is 10.8 Å². The fraction of sp³-hybridized carbons (Fsp3) is 0.129. The van der Waals surface area contributed by atoms with E-state index in [1.807, 2.05) is 43.3 Å². The number of nitrogen functional groups attached to an aromatic ring is 1. The molecular formula is C31H26Cl2N6. The van der Waals surface area contributed by atoms with Crippen molar-refractivity contribution in [2.45, 2.75) is 19.8 Å². The normalized spacial score (nSPS) is 11.7. The van der Waals surface area contributed by atoms with E-state index in [-0.39, 0.29) is 0 Å². The molecule has 0 bridgehead atoms. The Morgan fingerprint density at radius 2 is 1.74 bits per heavy atom. The number of halogens is 2. The monoisotopic (exact) mass is 552 g/mol. The summed E-state index contributed by atoms with van der Waals surface area (Å²) in [5.41, 5.74) is 11.3. The lowest BCUT2D eigenvalue weighted by molar-refractivity contribution is 0.985. The van der Waals surface area contributed by atoms with Crippen LogP contribution in [0.15, 0.2) is 85.2 Å². The summed E-state index contributed by atoms with van der Waals surface area (Å²) in [6.07, 6.45) is 1.50. The van der Waals surface area contributed by atoms with Gasteiger partial charge in [-0.2, -0.15) is 5.26 Å². The zero-order chi connectivity index (χ0) is 27.5. The van der Waals surface area contributed by atoms with Gasteiger partial charge in [-0.1, -0.05) is 77.8 Å². The van der Waals surface area contributed by atoms with Crippen LogP contribution in [0.1, 0.15) is 29.5 Å². The number of nitrogens with zero attached hydrogens (tertiary/aromatic N) is 4. The predicted octanol–water partition coefficient (Wildman–Crippen LogP) is 8.38. The highest BCUT2D eigenvalue weighted by molar-refractivity contribution is 6.32. The van der Waals surface area contributed by atoms with Gasteiger partial charge in [-0.05, 0) is 60.2 Å². The van der Waals surface area contributed by atoms with Crippen molar-refractivity contribution in [3.63, 3.8) is 0 Å². The molecule has 0 aliphatic carbocycles. The molecule has 1 atom stereocenters. The van der Waals surface area contributed by atoms with Crippen LogP contribution in [0, 0.1) is 18.3 Å². The lowest BCUT2D eigenvalue weighted by atomic mass is 9.91. The zero-order valence-corrected chi connectivity index (χ0v) is 23.0. The summed E-state index contributed by atoms with van der Waals surface area (Å²) in [4.78, 5) is 11.0. The van der Waals surface area contributed by atoms with Crippen molar-refractivity contribution in [2.75, 3.05) is 22.5 Å². The maximum absolute atomic E-state index is 9.93. The number of benzene rings is 4. The van der Waals surface area contributed by atoms with E-state index in [2.05, 4.69) is 57.4 Å². The highest BCUT2D eigenvalue weighted by Crippen LogP contribution is 2.39. The number of anilines is 5. The van der Waals surface area contributed by atoms with E-state index in [1.165, 1.54) is 6.33 Å². The lowest BCUT2D eigenvalue weighted by Crippen LogP contribution is -2.20. The number of rotatable bonds is 7.